The molecule has 184 valence electrons. The van der Waals surface area contributed by atoms with Crippen LogP contribution in [0.3, 0.4) is 0 Å². The van der Waals surface area contributed by atoms with Crippen LogP contribution < -0.4 is 11.1 Å². The Bertz CT molecular complexity index is 1240. The van der Waals surface area contributed by atoms with E-state index in [-0.39, 0.29) is 38.1 Å². The minimum Gasteiger partial charge on any atom is -0.508 e. The minimum absolute atomic E-state index is 0.0847. The normalized spacial score (nSPS) is 15.8. The molecule has 2 amide bonds. The second-order valence-electron chi connectivity index (χ2n) is 8.46. The first-order chi connectivity index (χ1) is 15.9. The van der Waals surface area contributed by atoms with Gasteiger partial charge in [0.15, 0.2) is 0 Å². The first-order valence-corrected chi connectivity index (χ1v) is 12.2. The predicted molar refractivity (Wildman–Crippen MR) is 124 cm³/mol. The van der Waals surface area contributed by atoms with Crippen LogP contribution in [0.5, 0.6) is 5.75 Å². The number of phenols is 1. The van der Waals surface area contributed by atoms with Crippen molar-refractivity contribution in [2.24, 2.45) is 5.92 Å². The molecule has 0 spiro atoms. The summed E-state index contributed by atoms with van der Waals surface area (Å²) < 4.78 is 32.3. The number of nitrogens with one attached hydrogen (secondary N) is 1. The molecule has 34 heavy (non-hydrogen) atoms. The zero-order valence-electron chi connectivity index (χ0n) is 18.5. The van der Waals surface area contributed by atoms with Crippen LogP contribution in [0.4, 0.5) is 5.69 Å². The number of carbonyl (C=O) groups excluding carboxylic acids is 2. The maximum absolute atomic E-state index is 12.9. The van der Waals surface area contributed by atoms with Gasteiger partial charge in [-0.25, -0.2) is 0 Å². The number of nitrogens with two attached hydrogens (primary N) is 1. The SMILES string of the molecule is Cc1c(CC(=O)NC(CS(=O)(=O)O)C(=O)N2CCC(C(=O)O)CC2)c(O)cc2cc(N)ccc12. The van der Waals surface area contributed by atoms with E-state index in [2.05, 4.69) is 5.32 Å². The highest BCUT2D eigenvalue weighted by atomic mass is 32.2. The Morgan fingerprint density at radius 1 is 1.21 bits per heavy atom. The molecule has 0 saturated carbocycles. The number of carbonyl (C=O) groups is 3. The van der Waals surface area contributed by atoms with E-state index in [1.807, 2.05) is 0 Å². The Kier molecular flexibility index (Phi) is 7.32. The topological polar surface area (TPSA) is 187 Å². The van der Waals surface area contributed by atoms with Crippen molar-refractivity contribution < 1.29 is 37.6 Å². The van der Waals surface area contributed by atoms with Gasteiger partial charge in [-0.05, 0) is 54.3 Å². The van der Waals surface area contributed by atoms with Gasteiger partial charge in [-0.1, -0.05) is 6.07 Å². The van der Waals surface area contributed by atoms with Crippen molar-refractivity contribution in [2.45, 2.75) is 32.2 Å². The number of anilines is 1. The van der Waals surface area contributed by atoms with Crippen LogP contribution in [0.15, 0.2) is 24.3 Å². The summed E-state index contributed by atoms with van der Waals surface area (Å²) in [5, 5.41) is 23.4. The lowest BCUT2D eigenvalue weighted by molar-refractivity contribution is -0.146. The van der Waals surface area contributed by atoms with E-state index < -0.39 is 45.6 Å². The molecule has 1 aliphatic rings. The summed E-state index contributed by atoms with van der Waals surface area (Å²) in [6, 6.07) is 5.03. The molecule has 0 aromatic heterocycles. The van der Waals surface area contributed by atoms with Gasteiger partial charge in [0.25, 0.3) is 10.1 Å². The van der Waals surface area contributed by atoms with E-state index >= 15 is 0 Å². The Labute approximate surface area is 196 Å². The summed E-state index contributed by atoms with van der Waals surface area (Å²) in [5.74, 6) is -4.21. The fraction of sp³-hybridized carbons (Fsp3) is 0.409. The maximum atomic E-state index is 12.9. The molecule has 1 fully saturated rings. The summed E-state index contributed by atoms with van der Waals surface area (Å²) in [4.78, 5) is 38.1. The van der Waals surface area contributed by atoms with Crippen molar-refractivity contribution in [1.82, 2.24) is 10.2 Å². The van der Waals surface area contributed by atoms with Crippen molar-refractivity contribution in [3.63, 3.8) is 0 Å². The van der Waals surface area contributed by atoms with Gasteiger partial charge in [-0.3, -0.25) is 18.9 Å². The van der Waals surface area contributed by atoms with Gasteiger partial charge in [-0.15, -0.1) is 0 Å². The Hall–Kier alpha value is -3.38. The summed E-state index contributed by atoms with van der Waals surface area (Å²) in [7, 11) is -4.62. The van der Waals surface area contributed by atoms with E-state index in [1.165, 1.54) is 11.0 Å². The summed E-state index contributed by atoms with van der Waals surface area (Å²) in [6.45, 7) is 1.89. The number of likely N-dealkylation sites (tertiary alicyclic amines) is 1. The number of benzene rings is 2. The van der Waals surface area contributed by atoms with Crippen LogP contribution in [0.25, 0.3) is 10.8 Å². The molecule has 12 heteroatoms. The molecule has 1 saturated heterocycles. The van der Waals surface area contributed by atoms with Gasteiger partial charge in [0.2, 0.25) is 11.8 Å². The number of nitrogen functional groups attached to an aromatic ring is 1. The predicted octanol–water partition coefficient (Wildman–Crippen LogP) is 0.674. The quantitative estimate of drug-likeness (QED) is 0.273. The third kappa shape index (κ3) is 5.94. The van der Waals surface area contributed by atoms with E-state index in [4.69, 9.17) is 10.8 Å². The molecule has 1 heterocycles. The summed E-state index contributed by atoms with van der Waals surface area (Å²) in [6.07, 6.45) is 0.0545. The first kappa shape index (κ1) is 25.2. The van der Waals surface area contributed by atoms with Crippen LogP contribution in [0, 0.1) is 12.8 Å². The van der Waals surface area contributed by atoms with Gasteiger partial charge in [0, 0.05) is 24.3 Å². The Balaban J connectivity index is 1.78. The standard InChI is InChI=1S/C22H27N3O8S/c1-12-16-3-2-15(23)8-14(16)9-19(26)17(12)10-20(27)24-18(11-34(31,32)33)21(28)25-6-4-13(5-7-25)22(29)30/h2-3,8-9,13,18,26H,4-7,10-11,23H2,1H3,(H,24,27)(H,29,30)(H,31,32,33). The van der Waals surface area contributed by atoms with Crippen LogP contribution >= 0.6 is 0 Å². The number of carboxylic acid groups (broad SMARTS) is 1. The van der Waals surface area contributed by atoms with Crippen molar-refractivity contribution in [2.75, 3.05) is 24.6 Å². The van der Waals surface area contributed by atoms with Crippen LogP contribution in [-0.4, -0.2) is 70.8 Å². The number of rotatable bonds is 7. The van der Waals surface area contributed by atoms with Crippen molar-refractivity contribution in [3.05, 3.63) is 35.4 Å². The second kappa shape index (κ2) is 9.85. The number of hydrogen-bond acceptors (Lipinski definition) is 7. The Morgan fingerprint density at radius 3 is 2.44 bits per heavy atom. The number of aliphatic carboxylic acids is 1. The molecule has 6 N–H and O–H groups in total. The smallest absolute Gasteiger partial charge is 0.306 e. The van der Waals surface area contributed by atoms with Crippen LogP contribution in [0.1, 0.15) is 24.0 Å². The number of piperidine rings is 1. The van der Waals surface area contributed by atoms with Gasteiger partial charge >= 0.3 is 5.97 Å². The first-order valence-electron chi connectivity index (χ1n) is 10.6. The lowest BCUT2D eigenvalue weighted by atomic mass is 9.96. The maximum Gasteiger partial charge on any atom is 0.306 e. The number of amides is 2. The van der Waals surface area contributed by atoms with Crippen molar-refractivity contribution in [3.8, 4) is 5.75 Å². The molecule has 0 radical (unpaired) electrons. The molecule has 2 aromatic rings. The molecule has 3 rings (SSSR count). The van der Waals surface area contributed by atoms with Crippen molar-refractivity contribution in [1.29, 1.82) is 0 Å². The van der Waals surface area contributed by atoms with E-state index in [9.17, 15) is 32.5 Å². The van der Waals surface area contributed by atoms with Crippen LogP contribution in [-0.2, 0) is 30.9 Å². The highest BCUT2D eigenvalue weighted by molar-refractivity contribution is 7.85. The highest BCUT2D eigenvalue weighted by Crippen LogP contribution is 2.31. The van der Waals surface area contributed by atoms with Gasteiger partial charge in [0.05, 0.1) is 12.3 Å². The van der Waals surface area contributed by atoms with Crippen LogP contribution in [0.2, 0.25) is 0 Å². The average Bonchev–Trinajstić information content (AvgIpc) is 2.74. The molecule has 11 nitrogen and oxygen atoms in total. The molecular weight excluding hydrogens is 466 g/mol. The molecule has 1 unspecified atom stereocenters. The second-order valence-corrected chi connectivity index (χ2v) is 9.96. The lowest BCUT2D eigenvalue weighted by Crippen LogP contribution is -2.54. The Morgan fingerprint density at radius 2 is 1.85 bits per heavy atom. The minimum atomic E-state index is -4.62. The molecule has 2 aromatic carbocycles. The summed E-state index contributed by atoms with van der Waals surface area (Å²) in [5.41, 5.74) is 7.21. The largest absolute Gasteiger partial charge is 0.508 e. The highest BCUT2D eigenvalue weighted by Gasteiger charge is 2.34. The number of carboxylic acids is 1. The monoisotopic (exact) mass is 493 g/mol. The lowest BCUT2D eigenvalue weighted by Gasteiger charge is -2.32. The van der Waals surface area contributed by atoms with E-state index in [1.54, 1.807) is 25.1 Å². The third-order valence-corrected chi connectivity index (χ3v) is 6.79. The third-order valence-electron chi connectivity index (χ3n) is 6.04. The van der Waals surface area contributed by atoms with Gasteiger partial charge in [-0.2, -0.15) is 8.42 Å². The van der Waals surface area contributed by atoms with Crippen molar-refractivity contribution >= 4 is 44.4 Å². The molecule has 0 bridgehead atoms. The number of phenolic OH excluding ortho intramolecular Hbond substituents is 1. The molecule has 0 aliphatic carbocycles. The van der Waals surface area contributed by atoms with Gasteiger partial charge in [0.1, 0.15) is 17.5 Å². The van der Waals surface area contributed by atoms with E-state index in [0.717, 1.165) is 5.39 Å². The molecular formula is C22H27N3O8S. The van der Waals surface area contributed by atoms with E-state index in [0.29, 0.717) is 22.2 Å². The molecule has 1 atom stereocenters. The zero-order chi connectivity index (χ0) is 25.2. The van der Waals surface area contributed by atoms with Gasteiger partial charge < -0.3 is 26.2 Å². The number of aryl methyl sites for hydroxylation is 1. The number of nitrogens with zero attached hydrogens (tertiary/aromatic N) is 1. The summed E-state index contributed by atoms with van der Waals surface area (Å²) >= 11 is 0. The average molecular weight is 494 g/mol. The zero-order valence-corrected chi connectivity index (χ0v) is 19.3. The number of fused-ring (bicyclic) bond motifs is 1. The number of aromatic hydroxyl groups is 1. The fourth-order valence-corrected chi connectivity index (χ4v) is 4.86. The fourth-order valence-electron chi connectivity index (χ4n) is 4.21. The number of hydrogen-bond donors (Lipinski definition) is 5. The molecule has 1 aliphatic heterocycles.